The van der Waals surface area contributed by atoms with Crippen LogP contribution in [-0.2, 0) is 19.9 Å². The lowest BCUT2D eigenvalue weighted by Gasteiger charge is -2.12. The number of anilines is 1. The van der Waals surface area contributed by atoms with Crippen LogP contribution in [0.5, 0.6) is 0 Å². The molecule has 23 heavy (non-hydrogen) atoms. The van der Waals surface area contributed by atoms with Gasteiger partial charge >= 0.3 is 0 Å². The lowest BCUT2D eigenvalue weighted by Crippen LogP contribution is -2.17. The van der Waals surface area contributed by atoms with Crippen molar-refractivity contribution in [3.05, 3.63) is 52.8 Å². The summed E-state index contributed by atoms with van der Waals surface area (Å²) >= 11 is 1.74. The van der Waals surface area contributed by atoms with Crippen LogP contribution in [0.2, 0.25) is 0 Å². The van der Waals surface area contributed by atoms with Crippen LogP contribution in [0, 0.1) is 0 Å². The SMILES string of the molecule is Cn1ccc(NC(=O)c2c(-n3cccc3)sc3c2CCCC3)n1. The Bertz CT molecular complexity index is 844. The number of aromatic nitrogens is 3. The zero-order valence-corrected chi connectivity index (χ0v) is 13.8. The Hall–Kier alpha value is -2.34. The number of hydrogen-bond donors (Lipinski definition) is 1. The van der Waals surface area contributed by atoms with Crippen molar-refractivity contribution in [1.29, 1.82) is 0 Å². The highest BCUT2D eigenvalue weighted by Gasteiger charge is 2.26. The number of carbonyl (C=O) groups is 1. The van der Waals surface area contributed by atoms with Gasteiger partial charge in [0.05, 0.1) is 5.56 Å². The molecule has 3 aromatic heterocycles. The van der Waals surface area contributed by atoms with E-state index >= 15 is 0 Å². The third kappa shape index (κ3) is 2.59. The Morgan fingerprint density at radius 1 is 1.22 bits per heavy atom. The summed E-state index contributed by atoms with van der Waals surface area (Å²) in [6.07, 6.45) is 10.2. The summed E-state index contributed by atoms with van der Waals surface area (Å²) in [6, 6.07) is 5.78. The van der Waals surface area contributed by atoms with Gasteiger partial charge in [-0.3, -0.25) is 9.48 Å². The van der Waals surface area contributed by atoms with Crippen molar-refractivity contribution in [3.8, 4) is 5.00 Å². The maximum atomic E-state index is 12.9. The van der Waals surface area contributed by atoms with Gasteiger partial charge in [0.2, 0.25) is 0 Å². The molecule has 5 nitrogen and oxygen atoms in total. The number of nitrogens with one attached hydrogen (secondary N) is 1. The van der Waals surface area contributed by atoms with Crippen LogP contribution >= 0.6 is 11.3 Å². The van der Waals surface area contributed by atoms with E-state index in [0.717, 1.165) is 29.8 Å². The van der Waals surface area contributed by atoms with Crippen molar-refractivity contribution in [3.63, 3.8) is 0 Å². The molecule has 1 aliphatic carbocycles. The van der Waals surface area contributed by atoms with Crippen molar-refractivity contribution in [2.45, 2.75) is 25.7 Å². The maximum Gasteiger partial charge on any atom is 0.260 e. The van der Waals surface area contributed by atoms with Gasteiger partial charge in [-0.1, -0.05) is 0 Å². The summed E-state index contributed by atoms with van der Waals surface area (Å²) in [5.74, 6) is 0.526. The van der Waals surface area contributed by atoms with Crippen molar-refractivity contribution in [2.24, 2.45) is 7.05 Å². The Morgan fingerprint density at radius 3 is 2.74 bits per heavy atom. The molecule has 0 saturated carbocycles. The summed E-state index contributed by atoms with van der Waals surface area (Å²) in [4.78, 5) is 14.3. The zero-order chi connectivity index (χ0) is 15.8. The van der Waals surface area contributed by atoms with Gasteiger partial charge in [0.25, 0.3) is 5.91 Å². The monoisotopic (exact) mass is 326 g/mol. The van der Waals surface area contributed by atoms with Crippen LogP contribution in [-0.4, -0.2) is 20.3 Å². The molecule has 3 heterocycles. The van der Waals surface area contributed by atoms with Crippen molar-refractivity contribution in [2.75, 3.05) is 5.32 Å². The minimum absolute atomic E-state index is 0.0631. The zero-order valence-electron chi connectivity index (χ0n) is 13.0. The van der Waals surface area contributed by atoms with Gasteiger partial charge in [-0.05, 0) is 43.4 Å². The highest BCUT2D eigenvalue weighted by molar-refractivity contribution is 7.15. The van der Waals surface area contributed by atoms with E-state index in [1.165, 1.54) is 16.9 Å². The standard InChI is InChI=1S/C17H18N4OS/c1-20-11-8-14(19-20)18-16(22)15-12-6-2-3-7-13(12)23-17(15)21-9-4-5-10-21/h4-5,8-11H,2-3,6-7H2,1H3,(H,18,19,22). The van der Waals surface area contributed by atoms with Crippen molar-refractivity contribution < 1.29 is 4.79 Å². The molecular formula is C17H18N4OS. The number of hydrogen-bond acceptors (Lipinski definition) is 3. The summed E-state index contributed by atoms with van der Waals surface area (Å²) in [6.45, 7) is 0. The summed E-state index contributed by atoms with van der Waals surface area (Å²) in [5.41, 5.74) is 2.03. The number of aryl methyl sites for hydroxylation is 2. The lowest BCUT2D eigenvalue weighted by molar-refractivity contribution is 0.102. The number of fused-ring (bicyclic) bond motifs is 1. The van der Waals surface area contributed by atoms with E-state index in [0.29, 0.717) is 5.82 Å². The molecule has 0 fully saturated rings. The second kappa shape index (κ2) is 5.70. The number of rotatable bonds is 3. The predicted octanol–water partition coefficient (Wildman–Crippen LogP) is 3.40. The maximum absolute atomic E-state index is 12.9. The molecule has 0 aromatic carbocycles. The van der Waals surface area contributed by atoms with Gasteiger partial charge in [0.15, 0.2) is 5.82 Å². The van der Waals surface area contributed by atoms with Gasteiger partial charge in [-0.15, -0.1) is 11.3 Å². The molecule has 0 aliphatic heterocycles. The Balaban J connectivity index is 1.76. The topological polar surface area (TPSA) is 51.9 Å². The lowest BCUT2D eigenvalue weighted by atomic mass is 9.95. The normalized spacial score (nSPS) is 13.8. The molecule has 1 amide bonds. The number of amides is 1. The number of nitrogens with zero attached hydrogens (tertiary/aromatic N) is 3. The second-order valence-corrected chi connectivity index (χ2v) is 6.89. The Kier molecular flexibility index (Phi) is 3.53. The quantitative estimate of drug-likeness (QED) is 0.802. The van der Waals surface area contributed by atoms with E-state index in [1.54, 1.807) is 16.0 Å². The molecular weight excluding hydrogens is 308 g/mol. The predicted molar refractivity (Wildman–Crippen MR) is 91.4 cm³/mol. The molecule has 0 spiro atoms. The van der Waals surface area contributed by atoms with Crippen LogP contribution in [0.1, 0.15) is 33.6 Å². The van der Waals surface area contributed by atoms with Crippen LogP contribution in [0.25, 0.3) is 5.00 Å². The first kappa shape index (κ1) is 14.3. The molecule has 0 atom stereocenters. The number of thiophene rings is 1. The van der Waals surface area contributed by atoms with E-state index in [2.05, 4.69) is 10.4 Å². The van der Waals surface area contributed by atoms with Gasteiger partial charge < -0.3 is 9.88 Å². The average Bonchev–Trinajstić information content (AvgIpc) is 3.25. The van der Waals surface area contributed by atoms with Crippen LogP contribution in [0.4, 0.5) is 5.82 Å². The molecule has 0 saturated heterocycles. The van der Waals surface area contributed by atoms with Gasteiger partial charge in [-0.2, -0.15) is 5.10 Å². The van der Waals surface area contributed by atoms with Gasteiger partial charge in [-0.25, -0.2) is 0 Å². The Labute approximate surface area is 138 Å². The molecule has 0 unspecified atom stereocenters. The summed E-state index contributed by atoms with van der Waals surface area (Å²) in [5, 5.41) is 8.20. The van der Waals surface area contributed by atoms with Crippen LogP contribution in [0.15, 0.2) is 36.8 Å². The van der Waals surface area contributed by atoms with E-state index in [1.807, 2.05) is 48.4 Å². The average molecular weight is 326 g/mol. The fraction of sp³-hybridized carbons (Fsp3) is 0.294. The van der Waals surface area contributed by atoms with E-state index in [9.17, 15) is 4.79 Å². The van der Waals surface area contributed by atoms with Gasteiger partial charge in [0.1, 0.15) is 5.00 Å². The van der Waals surface area contributed by atoms with Gasteiger partial charge in [0, 0.05) is 36.6 Å². The molecule has 3 aromatic rings. The van der Waals surface area contributed by atoms with E-state index in [4.69, 9.17) is 0 Å². The van der Waals surface area contributed by atoms with Crippen molar-refractivity contribution in [1.82, 2.24) is 14.3 Å². The Morgan fingerprint density at radius 2 is 2.00 bits per heavy atom. The minimum atomic E-state index is -0.0631. The highest BCUT2D eigenvalue weighted by atomic mass is 32.1. The largest absolute Gasteiger partial charge is 0.315 e. The van der Waals surface area contributed by atoms with Crippen LogP contribution < -0.4 is 5.32 Å². The summed E-state index contributed by atoms with van der Waals surface area (Å²) in [7, 11) is 1.84. The fourth-order valence-electron chi connectivity index (χ4n) is 3.10. The molecule has 0 bridgehead atoms. The minimum Gasteiger partial charge on any atom is -0.315 e. The molecule has 118 valence electrons. The smallest absolute Gasteiger partial charge is 0.260 e. The first-order valence-corrected chi connectivity index (χ1v) is 8.63. The molecule has 1 aliphatic rings. The third-order valence-corrected chi connectivity index (χ3v) is 5.48. The molecule has 6 heteroatoms. The first-order chi connectivity index (χ1) is 11.2. The fourth-order valence-corrected chi connectivity index (χ4v) is 4.45. The molecule has 1 N–H and O–H groups in total. The molecule has 0 radical (unpaired) electrons. The number of carbonyl (C=O) groups excluding carboxylic acids is 1. The van der Waals surface area contributed by atoms with Crippen LogP contribution in [0.3, 0.4) is 0 Å². The van der Waals surface area contributed by atoms with E-state index in [-0.39, 0.29) is 5.91 Å². The first-order valence-electron chi connectivity index (χ1n) is 7.81. The molecule has 4 rings (SSSR count). The highest BCUT2D eigenvalue weighted by Crippen LogP contribution is 2.37. The summed E-state index contributed by atoms with van der Waals surface area (Å²) < 4.78 is 3.72. The van der Waals surface area contributed by atoms with E-state index < -0.39 is 0 Å². The second-order valence-electron chi connectivity index (χ2n) is 5.81. The third-order valence-electron chi connectivity index (χ3n) is 4.17. The van der Waals surface area contributed by atoms with Crippen molar-refractivity contribution >= 4 is 23.1 Å².